The highest BCUT2D eigenvalue weighted by Gasteiger charge is 2.11. The Labute approximate surface area is 113 Å². The van der Waals surface area contributed by atoms with E-state index in [4.69, 9.17) is 4.74 Å². The van der Waals surface area contributed by atoms with Crippen molar-refractivity contribution in [3.8, 4) is 17.0 Å². The second-order valence-corrected chi connectivity index (χ2v) is 4.11. The number of hydrogen-bond acceptors (Lipinski definition) is 4. The lowest BCUT2D eigenvalue weighted by molar-refractivity contribution is 0.340. The Morgan fingerprint density at radius 2 is 2.05 bits per heavy atom. The lowest BCUT2D eigenvalue weighted by atomic mass is 10.0. The van der Waals surface area contributed by atoms with Gasteiger partial charge in [-0.15, -0.1) is 0 Å². The van der Waals surface area contributed by atoms with Crippen LogP contribution < -0.4 is 10.1 Å². The molecule has 0 aliphatic heterocycles. The average molecular weight is 257 g/mol. The van der Waals surface area contributed by atoms with Crippen molar-refractivity contribution in [2.24, 2.45) is 0 Å². The minimum atomic E-state index is 0.662. The van der Waals surface area contributed by atoms with Gasteiger partial charge in [0, 0.05) is 18.2 Å². The van der Waals surface area contributed by atoms with E-state index in [1.165, 1.54) is 0 Å². The molecule has 1 aromatic heterocycles. The summed E-state index contributed by atoms with van der Waals surface area (Å²) in [6.45, 7) is 4.75. The summed E-state index contributed by atoms with van der Waals surface area (Å²) in [7, 11) is 1.88. The molecule has 1 N–H and O–H groups in total. The van der Waals surface area contributed by atoms with Crippen LogP contribution in [0.3, 0.4) is 0 Å². The Bertz CT molecular complexity index is 555. The first-order chi connectivity index (χ1) is 9.30. The minimum Gasteiger partial charge on any atom is -0.494 e. The maximum absolute atomic E-state index is 5.54. The van der Waals surface area contributed by atoms with Crippen LogP contribution >= 0.6 is 0 Å². The van der Waals surface area contributed by atoms with E-state index in [1.807, 2.05) is 38.2 Å². The van der Waals surface area contributed by atoms with Crippen LogP contribution in [0.5, 0.6) is 5.75 Å². The fourth-order valence-corrected chi connectivity index (χ4v) is 2.11. The van der Waals surface area contributed by atoms with Gasteiger partial charge in [-0.3, -0.25) is 0 Å². The van der Waals surface area contributed by atoms with E-state index in [2.05, 4.69) is 22.2 Å². The normalized spacial score (nSPS) is 10.3. The monoisotopic (exact) mass is 257 g/mol. The van der Waals surface area contributed by atoms with Crippen LogP contribution in [0, 0.1) is 0 Å². The fourth-order valence-electron chi connectivity index (χ4n) is 2.11. The van der Waals surface area contributed by atoms with E-state index in [-0.39, 0.29) is 0 Å². The van der Waals surface area contributed by atoms with Gasteiger partial charge < -0.3 is 10.1 Å². The number of nitrogens with zero attached hydrogens (tertiary/aromatic N) is 2. The first-order valence-electron chi connectivity index (χ1n) is 6.55. The van der Waals surface area contributed by atoms with Gasteiger partial charge >= 0.3 is 0 Å². The summed E-state index contributed by atoms with van der Waals surface area (Å²) in [6.07, 6.45) is 2.47. The minimum absolute atomic E-state index is 0.662. The van der Waals surface area contributed by atoms with Gasteiger partial charge in [0.05, 0.1) is 12.3 Å². The SMILES string of the molecule is CCOc1cccc(-c2ncnc(NC)c2CC)c1. The molecule has 0 atom stereocenters. The molecule has 100 valence electrons. The van der Waals surface area contributed by atoms with E-state index in [0.717, 1.165) is 34.8 Å². The summed E-state index contributed by atoms with van der Waals surface area (Å²) in [5, 5.41) is 3.11. The second-order valence-electron chi connectivity index (χ2n) is 4.11. The third-order valence-electron chi connectivity index (χ3n) is 2.95. The van der Waals surface area contributed by atoms with Crippen LogP contribution in [0.4, 0.5) is 5.82 Å². The van der Waals surface area contributed by atoms with Gasteiger partial charge in [0.25, 0.3) is 0 Å². The van der Waals surface area contributed by atoms with Crippen molar-refractivity contribution in [1.29, 1.82) is 0 Å². The van der Waals surface area contributed by atoms with Gasteiger partial charge in [-0.2, -0.15) is 0 Å². The molecule has 0 aliphatic carbocycles. The second kappa shape index (κ2) is 6.18. The quantitative estimate of drug-likeness (QED) is 0.893. The summed E-state index contributed by atoms with van der Waals surface area (Å²) >= 11 is 0. The number of ether oxygens (including phenoxy) is 1. The molecule has 0 saturated heterocycles. The molecule has 0 bridgehead atoms. The molecule has 0 spiro atoms. The Morgan fingerprint density at radius 3 is 2.74 bits per heavy atom. The number of nitrogens with one attached hydrogen (secondary N) is 1. The fraction of sp³-hybridized carbons (Fsp3) is 0.333. The van der Waals surface area contributed by atoms with Gasteiger partial charge in [-0.25, -0.2) is 9.97 Å². The standard InChI is InChI=1S/C15H19N3O/c1-4-13-14(17-10-18-15(13)16-3)11-7-6-8-12(9-11)19-5-2/h6-10H,4-5H2,1-3H3,(H,16,17,18). The van der Waals surface area contributed by atoms with Crippen molar-refractivity contribution in [2.75, 3.05) is 19.0 Å². The molecule has 4 heteroatoms. The molecule has 0 unspecified atom stereocenters. The van der Waals surface area contributed by atoms with Crippen LogP contribution in [-0.4, -0.2) is 23.6 Å². The van der Waals surface area contributed by atoms with Crippen molar-refractivity contribution in [1.82, 2.24) is 9.97 Å². The van der Waals surface area contributed by atoms with Crippen molar-refractivity contribution in [3.05, 3.63) is 36.2 Å². The number of anilines is 1. The van der Waals surface area contributed by atoms with Gasteiger partial charge in [-0.1, -0.05) is 19.1 Å². The summed E-state index contributed by atoms with van der Waals surface area (Å²) in [4.78, 5) is 8.68. The van der Waals surface area contributed by atoms with Gasteiger partial charge in [0.1, 0.15) is 17.9 Å². The maximum Gasteiger partial charge on any atom is 0.132 e. The zero-order valence-corrected chi connectivity index (χ0v) is 11.6. The molecular formula is C15H19N3O. The van der Waals surface area contributed by atoms with Crippen LogP contribution in [-0.2, 0) is 6.42 Å². The summed E-state index contributed by atoms with van der Waals surface area (Å²) in [5.74, 6) is 1.75. The molecule has 2 aromatic rings. The molecule has 0 saturated carbocycles. The lowest BCUT2D eigenvalue weighted by Gasteiger charge is -2.12. The highest BCUT2D eigenvalue weighted by molar-refractivity contribution is 5.69. The molecule has 0 amide bonds. The molecule has 1 aromatic carbocycles. The zero-order valence-electron chi connectivity index (χ0n) is 11.6. The first kappa shape index (κ1) is 13.3. The van der Waals surface area contributed by atoms with Gasteiger partial charge in [-0.05, 0) is 25.5 Å². The molecule has 2 rings (SSSR count). The predicted octanol–water partition coefficient (Wildman–Crippen LogP) is 3.15. The number of rotatable bonds is 5. The highest BCUT2D eigenvalue weighted by atomic mass is 16.5. The van der Waals surface area contributed by atoms with E-state index in [9.17, 15) is 0 Å². The van der Waals surface area contributed by atoms with Crippen LogP contribution in [0.25, 0.3) is 11.3 Å². The summed E-state index contributed by atoms with van der Waals surface area (Å²) < 4.78 is 5.54. The molecule has 0 aliphatic rings. The van der Waals surface area contributed by atoms with Crippen molar-refractivity contribution in [2.45, 2.75) is 20.3 Å². The van der Waals surface area contributed by atoms with Crippen molar-refractivity contribution < 1.29 is 4.74 Å². The maximum atomic E-state index is 5.54. The molecule has 1 heterocycles. The van der Waals surface area contributed by atoms with E-state index in [1.54, 1.807) is 6.33 Å². The van der Waals surface area contributed by atoms with Gasteiger partial charge in [0.2, 0.25) is 0 Å². The predicted molar refractivity (Wildman–Crippen MR) is 77.6 cm³/mol. The zero-order chi connectivity index (χ0) is 13.7. The largest absolute Gasteiger partial charge is 0.494 e. The third kappa shape index (κ3) is 2.84. The molecule has 0 radical (unpaired) electrons. The number of hydrogen-bond donors (Lipinski definition) is 1. The number of benzene rings is 1. The van der Waals surface area contributed by atoms with Crippen molar-refractivity contribution in [3.63, 3.8) is 0 Å². The van der Waals surface area contributed by atoms with Gasteiger partial charge in [0.15, 0.2) is 0 Å². The Balaban J connectivity index is 2.49. The molecule has 19 heavy (non-hydrogen) atoms. The van der Waals surface area contributed by atoms with Crippen LogP contribution in [0.2, 0.25) is 0 Å². The molecule has 4 nitrogen and oxygen atoms in total. The molecule has 0 fully saturated rings. The van der Waals surface area contributed by atoms with Crippen molar-refractivity contribution >= 4 is 5.82 Å². The third-order valence-corrected chi connectivity index (χ3v) is 2.95. The van der Waals surface area contributed by atoms with E-state index < -0.39 is 0 Å². The molecular weight excluding hydrogens is 238 g/mol. The lowest BCUT2D eigenvalue weighted by Crippen LogP contribution is -2.02. The van der Waals surface area contributed by atoms with E-state index in [0.29, 0.717) is 6.61 Å². The van der Waals surface area contributed by atoms with Crippen LogP contribution in [0.1, 0.15) is 19.4 Å². The average Bonchev–Trinajstić information content (AvgIpc) is 2.47. The van der Waals surface area contributed by atoms with E-state index >= 15 is 0 Å². The van der Waals surface area contributed by atoms with Crippen LogP contribution in [0.15, 0.2) is 30.6 Å². The highest BCUT2D eigenvalue weighted by Crippen LogP contribution is 2.28. The topological polar surface area (TPSA) is 47.0 Å². The number of aromatic nitrogens is 2. The smallest absolute Gasteiger partial charge is 0.132 e. The summed E-state index contributed by atoms with van der Waals surface area (Å²) in [5.41, 5.74) is 3.14. The summed E-state index contributed by atoms with van der Waals surface area (Å²) in [6, 6.07) is 8.01. The Hall–Kier alpha value is -2.10. The Morgan fingerprint density at radius 1 is 1.21 bits per heavy atom. The first-order valence-corrected chi connectivity index (χ1v) is 6.55. The Kier molecular flexibility index (Phi) is 4.34.